The first-order valence-electron chi connectivity index (χ1n) is 3.26. The zero-order valence-electron chi connectivity index (χ0n) is 6.04. The van der Waals surface area contributed by atoms with E-state index in [2.05, 4.69) is 0 Å². The number of aliphatic carboxylic acids is 1. The van der Waals surface area contributed by atoms with Gasteiger partial charge in [-0.15, -0.1) is 0 Å². The average molecular weight is 147 g/mol. The third-order valence-corrected chi connectivity index (χ3v) is 1.01. The van der Waals surface area contributed by atoms with Crippen LogP contribution in [0.25, 0.3) is 0 Å². The van der Waals surface area contributed by atoms with Crippen LogP contribution in [0.15, 0.2) is 0 Å². The lowest BCUT2D eigenvalue weighted by molar-refractivity contribution is -0.149. The summed E-state index contributed by atoms with van der Waals surface area (Å²) in [4.78, 5) is 10.2. The van der Waals surface area contributed by atoms with Crippen LogP contribution in [-0.4, -0.2) is 30.3 Å². The fourth-order valence-electron chi connectivity index (χ4n) is 0.500. The van der Waals surface area contributed by atoms with E-state index in [1.54, 1.807) is 0 Å². The number of carboxylic acid groups (broad SMARTS) is 1. The maximum absolute atomic E-state index is 10.2. The van der Waals surface area contributed by atoms with E-state index in [0.717, 1.165) is 6.42 Å². The molecular weight excluding hydrogens is 134 g/mol. The zero-order valence-corrected chi connectivity index (χ0v) is 6.04. The minimum Gasteiger partial charge on any atom is -0.479 e. The number of nitrogens with two attached hydrogens (primary N) is 1. The molecule has 0 rings (SSSR count). The summed E-state index contributed by atoms with van der Waals surface area (Å²) in [6, 6.07) is 0. The highest BCUT2D eigenvalue weighted by Gasteiger charge is 2.14. The second-order valence-electron chi connectivity index (χ2n) is 1.93. The van der Waals surface area contributed by atoms with E-state index in [0.29, 0.717) is 6.61 Å². The van der Waals surface area contributed by atoms with Crippen molar-refractivity contribution in [3.05, 3.63) is 0 Å². The Morgan fingerprint density at radius 2 is 2.40 bits per heavy atom. The van der Waals surface area contributed by atoms with Crippen molar-refractivity contribution in [1.82, 2.24) is 0 Å². The lowest BCUT2D eigenvalue weighted by Crippen LogP contribution is -2.32. The Bertz CT molecular complexity index is 105. The Kier molecular flexibility index (Phi) is 4.88. The Balaban J connectivity index is 3.50. The third-order valence-electron chi connectivity index (χ3n) is 1.01. The van der Waals surface area contributed by atoms with Crippen molar-refractivity contribution in [3.63, 3.8) is 0 Å². The Labute approximate surface area is 60.0 Å². The van der Waals surface area contributed by atoms with Gasteiger partial charge >= 0.3 is 5.97 Å². The van der Waals surface area contributed by atoms with Gasteiger partial charge in [0.25, 0.3) is 0 Å². The molecule has 0 bridgehead atoms. The van der Waals surface area contributed by atoms with Crippen LogP contribution in [0.4, 0.5) is 0 Å². The monoisotopic (exact) mass is 147 g/mol. The predicted octanol–water partition coefficient (Wildman–Crippen LogP) is -0.175. The first-order chi connectivity index (χ1) is 4.72. The van der Waals surface area contributed by atoms with Gasteiger partial charge in [-0.2, -0.15) is 0 Å². The molecule has 0 aliphatic rings. The van der Waals surface area contributed by atoms with E-state index in [-0.39, 0.29) is 6.54 Å². The number of hydrogen-bond donors (Lipinski definition) is 2. The molecule has 0 saturated heterocycles. The zero-order chi connectivity index (χ0) is 7.98. The summed E-state index contributed by atoms with van der Waals surface area (Å²) in [5, 5.41) is 8.39. The summed E-state index contributed by atoms with van der Waals surface area (Å²) in [5.74, 6) is -0.990. The van der Waals surface area contributed by atoms with Crippen LogP contribution in [0.2, 0.25) is 0 Å². The largest absolute Gasteiger partial charge is 0.479 e. The fraction of sp³-hybridized carbons (Fsp3) is 0.833. The highest BCUT2D eigenvalue weighted by molar-refractivity contribution is 5.72. The molecule has 4 heteroatoms. The number of carbonyl (C=O) groups is 1. The van der Waals surface area contributed by atoms with Crippen molar-refractivity contribution in [3.8, 4) is 0 Å². The first-order valence-corrected chi connectivity index (χ1v) is 3.26. The van der Waals surface area contributed by atoms with Crippen LogP contribution in [0.5, 0.6) is 0 Å². The second-order valence-corrected chi connectivity index (χ2v) is 1.93. The topological polar surface area (TPSA) is 72.5 Å². The van der Waals surface area contributed by atoms with Crippen molar-refractivity contribution in [2.45, 2.75) is 19.4 Å². The van der Waals surface area contributed by atoms with Crippen molar-refractivity contribution in [2.75, 3.05) is 13.2 Å². The number of carboxylic acids is 1. The second kappa shape index (κ2) is 5.20. The highest BCUT2D eigenvalue weighted by Crippen LogP contribution is 1.90. The van der Waals surface area contributed by atoms with Gasteiger partial charge in [0.05, 0.1) is 0 Å². The Morgan fingerprint density at radius 3 is 2.70 bits per heavy atom. The van der Waals surface area contributed by atoms with Gasteiger partial charge in [0.15, 0.2) is 6.10 Å². The molecule has 0 amide bonds. The normalized spacial score (nSPS) is 13.0. The van der Waals surface area contributed by atoms with Crippen LogP contribution in [0.1, 0.15) is 13.3 Å². The van der Waals surface area contributed by atoms with E-state index >= 15 is 0 Å². The molecule has 10 heavy (non-hydrogen) atoms. The standard InChI is InChI=1S/C6H13NO3/c1-2-3-10-5(4-7)6(8)9/h5H,2-4,7H2,1H3,(H,8,9). The maximum Gasteiger partial charge on any atom is 0.334 e. The number of rotatable bonds is 5. The van der Waals surface area contributed by atoms with E-state index in [4.69, 9.17) is 15.6 Å². The lowest BCUT2D eigenvalue weighted by atomic mass is 10.3. The molecule has 0 aromatic rings. The van der Waals surface area contributed by atoms with E-state index in [1.165, 1.54) is 0 Å². The molecule has 0 aromatic heterocycles. The maximum atomic E-state index is 10.2. The lowest BCUT2D eigenvalue weighted by Gasteiger charge is -2.09. The van der Waals surface area contributed by atoms with Gasteiger partial charge in [0, 0.05) is 13.2 Å². The van der Waals surface area contributed by atoms with Gasteiger partial charge in [0.1, 0.15) is 0 Å². The first kappa shape index (κ1) is 9.39. The van der Waals surface area contributed by atoms with Crippen LogP contribution in [-0.2, 0) is 9.53 Å². The molecule has 0 heterocycles. The van der Waals surface area contributed by atoms with Gasteiger partial charge in [-0.05, 0) is 6.42 Å². The quantitative estimate of drug-likeness (QED) is 0.566. The Morgan fingerprint density at radius 1 is 1.80 bits per heavy atom. The minimum atomic E-state index is -0.990. The van der Waals surface area contributed by atoms with Crippen LogP contribution in [0, 0.1) is 0 Å². The van der Waals surface area contributed by atoms with Crippen molar-refractivity contribution in [1.29, 1.82) is 0 Å². The molecule has 0 spiro atoms. The summed E-state index contributed by atoms with van der Waals surface area (Å²) < 4.78 is 4.88. The van der Waals surface area contributed by atoms with E-state index < -0.39 is 12.1 Å². The smallest absolute Gasteiger partial charge is 0.334 e. The third kappa shape index (κ3) is 3.42. The molecule has 1 unspecified atom stereocenters. The van der Waals surface area contributed by atoms with Gasteiger partial charge in [-0.3, -0.25) is 0 Å². The summed E-state index contributed by atoms with van der Waals surface area (Å²) >= 11 is 0. The minimum absolute atomic E-state index is 0.0370. The Hall–Kier alpha value is -0.610. The van der Waals surface area contributed by atoms with Crippen molar-refractivity contribution >= 4 is 5.97 Å². The SMILES string of the molecule is CCCOC(CN)C(=O)O. The van der Waals surface area contributed by atoms with Crippen molar-refractivity contribution < 1.29 is 14.6 Å². The van der Waals surface area contributed by atoms with Gasteiger partial charge < -0.3 is 15.6 Å². The van der Waals surface area contributed by atoms with E-state index in [1.807, 2.05) is 6.92 Å². The van der Waals surface area contributed by atoms with Crippen LogP contribution in [0.3, 0.4) is 0 Å². The van der Waals surface area contributed by atoms with Gasteiger partial charge in [-0.25, -0.2) is 4.79 Å². The molecule has 60 valence electrons. The molecule has 0 fully saturated rings. The molecule has 3 N–H and O–H groups in total. The summed E-state index contributed by atoms with van der Waals surface area (Å²) in [6.45, 7) is 2.40. The van der Waals surface area contributed by atoms with Gasteiger partial charge in [0.2, 0.25) is 0 Å². The fourth-order valence-corrected chi connectivity index (χ4v) is 0.500. The predicted molar refractivity (Wildman–Crippen MR) is 36.7 cm³/mol. The molecule has 0 saturated carbocycles. The summed E-state index contributed by atoms with van der Waals surface area (Å²) in [7, 11) is 0. The van der Waals surface area contributed by atoms with E-state index in [9.17, 15) is 4.79 Å². The summed E-state index contributed by atoms with van der Waals surface area (Å²) in [6.07, 6.45) is -0.0241. The number of ether oxygens (including phenoxy) is 1. The van der Waals surface area contributed by atoms with Crippen LogP contribution < -0.4 is 5.73 Å². The molecule has 0 radical (unpaired) electrons. The summed E-state index contributed by atoms with van der Waals surface area (Å²) in [5.41, 5.74) is 5.11. The molecule has 0 aliphatic carbocycles. The van der Waals surface area contributed by atoms with Crippen molar-refractivity contribution in [2.24, 2.45) is 5.73 Å². The van der Waals surface area contributed by atoms with Crippen LogP contribution >= 0.6 is 0 Å². The average Bonchev–Trinajstić information content (AvgIpc) is 1.89. The molecule has 0 aliphatic heterocycles. The molecule has 1 atom stereocenters. The molecule has 4 nitrogen and oxygen atoms in total. The molecular formula is C6H13NO3. The van der Waals surface area contributed by atoms with Gasteiger partial charge in [-0.1, -0.05) is 6.92 Å². The number of hydrogen-bond acceptors (Lipinski definition) is 3. The molecule has 0 aromatic carbocycles. The highest BCUT2D eigenvalue weighted by atomic mass is 16.5.